The Morgan fingerprint density at radius 3 is 2.68 bits per heavy atom. The van der Waals surface area contributed by atoms with Crippen LogP contribution >= 0.6 is 0 Å². The minimum absolute atomic E-state index is 0.0231. The molecule has 1 atom stereocenters. The number of likely N-dealkylation sites (tertiary alicyclic amines) is 1. The zero-order chi connectivity index (χ0) is 21.4. The number of ketones is 1. The van der Waals surface area contributed by atoms with E-state index in [1.165, 1.54) is 0 Å². The van der Waals surface area contributed by atoms with Gasteiger partial charge in [0, 0.05) is 75.2 Å². The molecule has 7 heteroatoms. The van der Waals surface area contributed by atoms with E-state index < -0.39 is 5.67 Å². The topological polar surface area (TPSA) is 60.2 Å². The van der Waals surface area contributed by atoms with Gasteiger partial charge >= 0.3 is 0 Å². The largest absolute Gasteiger partial charge is 0.377 e. The summed E-state index contributed by atoms with van der Waals surface area (Å²) in [6.45, 7) is 2.87. The number of Topliss-reactive ketones (excluding diaryl/α,β-unsaturated/α-hetero) is 1. The van der Waals surface area contributed by atoms with Crippen molar-refractivity contribution in [3.63, 3.8) is 0 Å². The van der Waals surface area contributed by atoms with Crippen LogP contribution in [0.5, 0.6) is 0 Å². The molecule has 31 heavy (non-hydrogen) atoms. The molecule has 5 rings (SSSR count). The summed E-state index contributed by atoms with van der Waals surface area (Å²) in [4.78, 5) is 19.5. The molecule has 0 radical (unpaired) electrons. The van der Waals surface area contributed by atoms with Gasteiger partial charge in [0.1, 0.15) is 0 Å². The number of rotatable bonds is 6. The molecule has 0 aliphatic carbocycles. The lowest BCUT2D eigenvalue weighted by molar-refractivity contribution is -0.134. The number of halogens is 1. The van der Waals surface area contributed by atoms with Crippen molar-refractivity contribution in [2.75, 3.05) is 26.2 Å². The van der Waals surface area contributed by atoms with E-state index in [2.05, 4.69) is 21.0 Å². The summed E-state index contributed by atoms with van der Waals surface area (Å²) in [6, 6.07) is 8.01. The lowest BCUT2D eigenvalue weighted by Gasteiger charge is -2.38. The van der Waals surface area contributed by atoms with Crippen molar-refractivity contribution >= 4 is 16.6 Å². The first-order chi connectivity index (χ1) is 15.0. The number of piperidine rings is 1. The van der Waals surface area contributed by atoms with E-state index in [1.54, 1.807) is 10.9 Å². The van der Waals surface area contributed by atoms with E-state index in [9.17, 15) is 4.79 Å². The van der Waals surface area contributed by atoms with E-state index >= 15 is 4.39 Å². The van der Waals surface area contributed by atoms with Crippen LogP contribution in [-0.2, 0) is 23.0 Å². The molecule has 3 aromatic rings. The normalized spacial score (nSPS) is 21.2. The van der Waals surface area contributed by atoms with Gasteiger partial charge in [-0.05, 0) is 29.5 Å². The number of aryl methyl sites for hydroxylation is 1. The fraction of sp³-hybridized carbons (Fsp3) is 0.458. The Bertz CT molecular complexity index is 1100. The quantitative estimate of drug-likeness (QED) is 0.610. The number of pyridine rings is 1. The predicted octanol–water partition coefficient (Wildman–Crippen LogP) is 3.34. The average molecular weight is 423 g/mol. The second-order valence-electron chi connectivity index (χ2n) is 8.79. The molecule has 2 saturated heterocycles. The molecule has 1 unspecified atom stereocenters. The molecule has 162 valence electrons. The molecule has 1 aromatic carbocycles. The molecule has 2 aromatic heterocycles. The molecular formula is C24H27FN4O2. The van der Waals surface area contributed by atoms with Gasteiger partial charge < -0.3 is 9.64 Å². The summed E-state index contributed by atoms with van der Waals surface area (Å²) < 4.78 is 22.7. The van der Waals surface area contributed by atoms with Crippen LogP contribution in [0.15, 0.2) is 42.9 Å². The molecule has 2 fully saturated rings. The first kappa shape index (κ1) is 20.3. The molecule has 0 saturated carbocycles. The second kappa shape index (κ2) is 8.13. The van der Waals surface area contributed by atoms with Crippen LogP contribution in [-0.4, -0.2) is 63.5 Å². The Hall–Kier alpha value is -2.64. The molecule has 6 nitrogen and oxygen atoms in total. The number of benzene rings is 1. The maximum atomic E-state index is 15.4. The Balaban J connectivity index is 1.27. The van der Waals surface area contributed by atoms with Crippen molar-refractivity contribution in [3.05, 3.63) is 48.5 Å². The van der Waals surface area contributed by atoms with Crippen LogP contribution in [0.3, 0.4) is 0 Å². The van der Waals surface area contributed by atoms with Crippen LogP contribution < -0.4 is 0 Å². The number of hydrogen-bond donors (Lipinski definition) is 0. The Morgan fingerprint density at radius 1 is 1.19 bits per heavy atom. The Morgan fingerprint density at radius 2 is 2.00 bits per heavy atom. The maximum Gasteiger partial charge on any atom is 0.175 e. The van der Waals surface area contributed by atoms with Crippen molar-refractivity contribution in [3.8, 4) is 11.1 Å². The molecule has 4 heterocycles. The fourth-order valence-electron chi connectivity index (χ4n) is 4.44. The summed E-state index contributed by atoms with van der Waals surface area (Å²) in [5.74, 6) is -0.359. The number of carbonyl (C=O) groups is 1. The Labute approximate surface area is 181 Å². The third-order valence-corrected chi connectivity index (χ3v) is 6.56. The first-order valence-electron chi connectivity index (χ1n) is 10.9. The van der Waals surface area contributed by atoms with Gasteiger partial charge in [0.2, 0.25) is 0 Å². The van der Waals surface area contributed by atoms with Crippen molar-refractivity contribution in [2.24, 2.45) is 7.05 Å². The number of hydrogen-bond acceptors (Lipinski definition) is 5. The number of carbonyl (C=O) groups excluding carboxylic acids is 1. The van der Waals surface area contributed by atoms with E-state index in [4.69, 9.17) is 4.74 Å². The SMILES string of the molecule is Cn1cc(-c2ccc3cnc(CC(=O)C4(F)CCN(CC5CCO5)CC4)cc3c2)cn1. The summed E-state index contributed by atoms with van der Waals surface area (Å²) in [5.41, 5.74) is 0.933. The van der Waals surface area contributed by atoms with Crippen LogP contribution in [0.25, 0.3) is 21.9 Å². The molecule has 0 amide bonds. The zero-order valence-electron chi connectivity index (χ0n) is 17.8. The highest BCUT2D eigenvalue weighted by Gasteiger charge is 2.41. The number of nitrogens with zero attached hydrogens (tertiary/aromatic N) is 4. The van der Waals surface area contributed by atoms with Gasteiger partial charge in [-0.25, -0.2) is 4.39 Å². The molecule has 2 aliphatic heterocycles. The van der Waals surface area contributed by atoms with Crippen LogP contribution in [0.4, 0.5) is 4.39 Å². The van der Waals surface area contributed by atoms with E-state index in [1.807, 2.05) is 37.6 Å². The molecule has 0 N–H and O–H groups in total. The molecule has 0 bridgehead atoms. The van der Waals surface area contributed by atoms with E-state index in [-0.39, 0.29) is 31.1 Å². The molecule has 0 spiro atoms. The second-order valence-corrected chi connectivity index (χ2v) is 8.79. The molecule has 2 aliphatic rings. The summed E-state index contributed by atoms with van der Waals surface area (Å²) in [5, 5.41) is 6.21. The van der Waals surface area contributed by atoms with Crippen molar-refractivity contribution < 1.29 is 13.9 Å². The van der Waals surface area contributed by atoms with E-state index in [0.29, 0.717) is 18.8 Å². The van der Waals surface area contributed by atoms with Gasteiger partial charge in [0.05, 0.1) is 18.7 Å². The van der Waals surface area contributed by atoms with Gasteiger partial charge in [-0.15, -0.1) is 0 Å². The van der Waals surface area contributed by atoms with Crippen LogP contribution in [0.1, 0.15) is 25.0 Å². The molecular weight excluding hydrogens is 395 g/mol. The monoisotopic (exact) mass is 422 g/mol. The average Bonchev–Trinajstić information content (AvgIpc) is 3.18. The predicted molar refractivity (Wildman–Crippen MR) is 117 cm³/mol. The number of alkyl halides is 1. The lowest BCUT2D eigenvalue weighted by atomic mass is 9.86. The summed E-state index contributed by atoms with van der Waals surface area (Å²) >= 11 is 0. The van der Waals surface area contributed by atoms with Gasteiger partial charge in [-0.2, -0.15) is 5.10 Å². The third kappa shape index (κ3) is 4.25. The lowest BCUT2D eigenvalue weighted by Crippen LogP contribution is -2.50. The van der Waals surface area contributed by atoms with Crippen molar-refractivity contribution in [1.82, 2.24) is 19.7 Å². The van der Waals surface area contributed by atoms with Crippen molar-refractivity contribution in [2.45, 2.75) is 37.5 Å². The number of ether oxygens (including phenoxy) is 1. The number of fused-ring (bicyclic) bond motifs is 1. The third-order valence-electron chi connectivity index (χ3n) is 6.56. The first-order valence-corrected chi connectivity index (χ1v) is 10.9. The highest BCUT2D eigenvalue weighted by molar-refractivity contribution is 5.91. The van der Waals surface area contributed by atoms with E-state index in [0.717, 1.165) is 41.5 Å². The van der Waals surface area contributed by atoms with Crippen LogP contribution in [0.2, 0.25) is 0 Å². The van der Waals surface area contributed by atoms with Gasteiger partial charge in [0.25, 0.3) is 0 Å². The fourth-order valence-corrected chi connectivity index (χ4v) is 4.44. The highest BCUT2D eigenvalue weighted by Crippen LogP contribution is 2.30. The summed E-state index contributed by atoms with van der Waals surface area (Å²) in [7, 11) is 1.89. The maximum absolute atomic E-state index is 15.4. The van der Waals surface area contributed by atoms with Gasteiger partial charge in [-0.3, -0.25) is 14.5 Å². The van der Waals surface area contributed by atoms with Crippen molar-refractivity contribution in [1.29, 1.82) is 0 Å². The smallest absolute Gasteiger partial charge is 0.175 e. The standard InChI is InChI=1S/C24H27FN4O2/c1-28-15-20(14-27-28)17-2-3-18-13-26-21(11-19(18)10-17)12-23(30)24(25)5-7-29(8-6-24)16-22-4-9-31-22/h2-3,10-11,13-15,22H,4-9,12,16H2,1H3. The highest BCUT2D eigenvalue weighted by atomic mass is 19.1. The number of aromatic nitrogens is 3. The summed E-state index contributed by atoms with van der Waals surface area (Å²) in [6.07, 6.45) is 7.42. The zero-order valence-corrected chi connectivity index (χ0v) is 17.8. The van der Waals surface area contributed by atoms with Gasteiger partial charge in [-0.1, -0.05) is 12.1 Å². The Kier molecular flexibility index (Phi) is 5.32. The van der Waals surface area contributed by atoms with Gasteiger partial charge in [0.15, 0.2) is 11.5 Å². The minimum atomic E-state index is -1.76. The van der Waals surface area contributed by atoms with Crippen LogP contribution in [0, 0.1) is 0 Å². The minimum Gasteiger partial charge on any atom is -0.377 e.